The van der Waals surface area contributed by atoms with Crippen molar-refractivity contribution in [3.63, 3.8) is 0 Å². The largest absolute Gasteiger partial charge is 0.493 e. The van der Waals surface area contributed by atoms with E-state index in [1.807, 2.05) is 11.9 Å². The Bertz CT molecular complexity index is 453. The van der Waals surface area contributed by atoms with Gasteiger partial charge in [-0.1, -0.05) is 12.8 Å². The fraction of sp³-hybridized carbons (Fsp3) is 0.533. The average Bonchev–Trinajstić information content (AvgIpc) is 2.99. The summed E-state index contributed by atoms with van der Waals surface area (Å²) in [5.41, 5.74) is 0.645. The van der Waals surface area contributed by atoms with Crippen LogP contribution in [0.25, 0.3) is 0 Å². The second kappa shape index (κ2) is 5.95. The molecule has 0 aliphatic heterocycles. The number of rotatable bonds is 4. The van der Waals surface area contributed by atoms with Gasteiger partial charge in [0.05, 0.1) is 14.2 Å². The van der Waals surface area contributed by atoms with E-state index in [0.717, 1.165) is 12.8 Å². The van der Waals surface area contributed by atoms with Crippen molar-refractivity contribution >= 4 is 5.91 Å². The molecule has 104 valence electrons. The van der Waals surface area contributed by atoms with Crippen molar-refractivity contribution in [1.29, 1.82) is 0 Å². The smallest absolute Gasteiger partial charge is 0.253 e. The van der Waals surface area contributed by atoms with E-state index in [1.165, 1.54) is 12.8 Å². The number of carbonyl (C=O) groups excluding carboxylic acids is 1. The molecular weight excluding hydrogens is 242 g/mol. The van der Waals surface area contributed by atoms with Crippen molar-refractivity contribution in [3.05, 3.63) is 23.8 Å². The maximum absolute atomic E-state index is 12.4. The van der Waals surface area contributed by atoms with Gasteiger partial charge in [-0.25, -0.2) is 0 Å². The van der Waals surface area contributed by atoms with E-state index in [1.54, 1.807) is 32.4 Å². The van der Waals surface area contributed by atoms with Gasteiger partial charge < -0.3 is 14.4 Å². The summed E-state index contributed by atoms with van der Waals surface area (Å²) in [6.07, 6.45) is 4.65. The minimum Gasteiger partial charge on any atom is -0.493 e. The topological polar surface area (TPSA) is 38.8 Å². The molecule has 0 spiro atoms. The lowest BCUT2D eigenvalue weighted by molar-refractivity contribution is 0.0734. The lowest BCUT2D eigenvalue weighted by Gasteiger charge is -2.24. The predicted octanol–water partition coefficient (Wildman–Crippen LogP) is 2.72. The molecule has 1 aromatic rings. The van der Waals surface area contributed by atoms with Gasteiger partial charge in [0.1, 0.15) is 0 Å². The number of carbonyl (C=O) groups is 1. The van der Waals surface area contributed by atoms with Crippen molar-refractivity contribution in [3.8, 4) is 11.5 Å². The number of methoxy groups -OCH3 is 2. The molecule has 0 aromatic heterocycles. The van der Waals surface area contributed by atoms with Crippen molar-refractivity contribution < 1.29 is 14.3 Å². The quantitative estimate of drug-likeness (QED) is 0.838. The minimum atomic E-state index is 0.0489. The summed E-state index contributed by atoms with van der Waals surface area (Å²) in [6, 6.07) is 5.68. The van der Waals surface area contributed by atoms with Crippen molar-refractivity contribution in [2.45, 2.75) is 31.7 Å². The molecule has 0 saturated heterocycles. The number of nitrogens with zero attached hydrogens (tertiary/aromatic N) is 1. The molecule has 1 amide bonds. The van der Waals surface area contributed by atoms with Crippen molar-refractivity contribution in [2.24, 2.45) is 0 Å². The molecule has 1 aliphatic carbocycles. The van der Waals surface area contributed by atoms with Gasteiger partial charge in [0.2, 0.25) is 0 Å². The van der Waals surface area contributed by atoms with Crippen LogP contribution in [0.3, 0.4) is 0 Å². The number of hydrogen-bond acceptors (Lipinski definition) is 3. The molecule has 19 heavy (non-hydrogen) atoms. The fourth-order valence-electron chi connectivity index (χ4n) is 2.63. The zero-order valence-electron chi connectivity index (χ0n) is 11.8. The van der Waals surface area contributed by atoms with E-state index >= 15 is 0 Å². The molecule has 1 fully saturated rings. The van der Waals surface area contributed by atoms with Gasteiger partial charge in [-0.05, 0) is 31.0 Å². The molecule has 0 heterocycles. The van der Waals surface area contributed by atoms with E-state index < -0.39 is 0 Å². The molecule has 1 saturated carbocycles. The summed E-state index contributed by atoms with van der Waals surface area (Å²) in [7, 11) is 5.05. The number of benzene rings is 1. The number of hydrogen-bond donors (Lipinski definition) is 0. The van der Waals surface area contributed by atoms with Crippen LogP contribution in [0.1, 0.15) is 36.0 Å². The first kappa shape index (κ1) is 13.7. The Morgan fingerprint density at radius 3 is 2.37 bits per heavy atom. The van der Waals surface area contributed by atoms with Crippen LogP contribution in [0, 0.1) is 0 Å². The van der Waals surface area contributed by atoms with Crippen LogP contribution in [0.5, 0.6) is 11.5 Å². The molecule has 1 aromatic carbocycles. The molecule has 4 nitrogen and oxygen atoms in total. The van der Waals surface area contributed by atoms with Crippen molar-refractivity contribution in [1.82, 2.24) is 4.90 Å². The summed E-state index contributed by atoms with van der Waals surface area (Å²) in [5, 5.41) is 0. The van der Waals surface area contributed by atoms with E-state index in [2.05, 4.69) is 0 Å². The second-order valence-electron chi connectivity index (χ2n) is 4.92. The average molecular weight is 263 g/mol. The lowest BCUT2D eigenvalue weighted by atomic mass is 10.1. The van der Waals surface area contributed by atoms with Gasteiger partial charge in [0.25, 0.3) is 5.91 Å². The Labute approximate surface area is 114 Å². The van der Waals surface area contributed by atoms with Gasteiger partial charge in [0.15, 0.2) is 11.5 Å². The van der Waals surface area contributed by atoms with Gasteiger partial charge in [-0.2, -0.15) is 0 Å². The van der Waals surface area contributed by atoms with Crippen LogP contribution in [-0.2, 0) is 0 Å². The molecule has 0 unspecified atom stereocenters. The molecular formula is C15H21NO3. The van der Waals surface area contributed by atoms with Crippen LogP contribution in [0.2, 0.25) is 0 Å². The monoisotopic (exact) mass is 263 g/mol. The Morgan fingerprint density at radius 1 is 1.16 bits per heavy atom. The minimum absolute atomic E-state index is 0.0489. The van der Waals surface area contributed by atoms with E-state index in [0.29, 0.717) is 23.1 Å². The molecule has 1 aliphatic rings. The lowest BCUT2D eigenvalue weighted by Crippen LogP contribution is -2.35. The summed E-state index contributed by atoms with van der Waals surface area (Å²) in [5.74, 6) is 1.28. The zero-order valence-corrected chi connectivity index (χ0v) is 11.8. The van der Waals surface area contributed by atoms with Crippen LogP contribution in [0.4, 0.5) is 0 Å². The maximum atomic E-state index is 12.4. The summed E-state index contributed by atoms with van der Waals surface area (Å²) >= 11 is 0. The maximum Gasteiger partial charge on any atom is 0.253 e. The van der Waals surface area contributed by atoms with E-state index in [-0.39, 0.29) is 5.91 Å². The SMILES string of the molecule is COc1ccc(C(=O)N(C)C2CCCC2)cc1OC. The third kappa shape index (κ3) is 2.83. The highest BCUT2D eigenvalue weighted by Gasteiger charge is 2.24. The van der Waals surface area contributed by atoms with Crippen molar-refractivity contribution in [2.75, 3.05) is 21.3 Å². The highest BCUT2D eigenvalue weighted by Crippen LogP contribution is 2.29. The Kier molecular flexibility index (Phi) is 4.30. The Hall–Kier alpha value is -1.71. The number of amides is 1. The molecule has 0 N–H and O–H groups in total. The van der Waals surface area contributed by atoms with Gasteiger partial charge >= 0.3 is 0 Å². The van der Waals surface area contributed by atoms with E-state index in [4.69, 9.17) is 9.47 Å². The van der Waals surface area contributed by atoms with Crippen LogP contribution < -0.4 is 9.47 Å². The highest BCUT2D eigenvalue weighted by atomic mass is 16.5. The predicted molar refractivity (Wildman–Crippen MR) is 73.9 cm³/mol. The third-order valence-electron chi connectivity index (χ3n) is 3.82. The first-order valence-electron chi connectivity index (χ1n) is 6.66. The molecule has 2 rings (SSSR count). The summed E-state index contributed by atoms with van der Waals surface area (Å²) in [4.78, 5) is 14.3. The van der Waals surface area contributed by atoms with Crippen LogP contribution in [-0.4, -0.2) is 38.1 Å². The third-order valence-corrected chi connectivity index (χ3v) is 3.82. The van der Waals surface area contributed by atoms with Gasteiger partial charge in [0, 0.05) is 18.7 Å². The first-order valence-corrected chi connectivity index (χ1v) is 6.66. The van der Waals surface area contributed by atoms with Crippen LogP contribution >= 0.6 is 0 Å². The number of ether oxygens (including phenoxy) is 2. The first-order chi connectivity index (χ1) is 9.17. The van der Waals surface area contributed by atoms with E-state index in [9.17, 15) is 4.79 Å². The van der Waals surface area contributed by atoms with Crippen LogP contribution in [0.15, 0.2) is 18.2 Å². The van der Waals surface area contributed by atoms with Gasteiger partial charge in [-0.3, -0.25) is 4.79 Å². The standard InChI is InChI=1S/C15H21NO3/c1-16(12-6-4-5-7-12)15(17)11-8-9-13(18-2)14(10-11)19-3/h8-10,12H,4-7H2,1-3H3. The second-order valence-corrected chi connectivity index (χ2v) is 4.92. The molecule has 0 bridgehead atoms. The Balaban J connectivity index is 2.18. The summed E-state index contributed by atoms with van der Waals surface area (Å²) in [6.45, 7) is 0. The normalized spacial score (nSPS) is 15.3. The Morgan fingerprint density at radius 2 is 1.79 bits per heavy atom. The zero-order chi connectivity index (χ0) is 13.8. The molecule has 0 atom stereocenters. The fourth-order valence-corrected chi connectivity index (χ4v) is 2.63. The highest BCUT2D eigenvalue weighted by molar-refractivity contribution is 5.95. The summed E-state index contributed by atoms with van der Waals surface area (Å²) < 4.78 is 10.4. The van der Waals surface area contributed by atoms with Gasteiger partial charge in [-0.15, -0.1) is 0 Å². The molecule has 0 radical (unpaired) electrons. The molecule has 4 heteroatoms.